The molecule has 0 saturated carbocycles. The van der Waals surface area contributed by atoms with Crippen molar-refractivity contribution in [1.82, 2.24) is 24.8 Å². The Labute approximate surface area is 224 Å². The summed E-state index contributed by atoms with van der Waals surface area (Å²) < 4.78 is 5.68. The van der Waals surface area contributed by atoms with Crippen LogP contribution in [-0.4, -0.2) is 80.8 Å². The van der Waals surface area contributed by atoms with Crippen molar-refractivity contribution in [3.8, 4) is 0 Å². The predicted molar refractivity (Wildman–Crippen MR) is 149 cm³/mol. The van der Waals surface area contributed by atoms with E-state index in [4.69, 9.17) is 9.72 Å². The number of hydrogen-bond donors (Lipinski definition) is 3. The molecular formula is C28H39N7O3. The minimum atomic E-state index is -0.918. The number of nitrogens with one attached hydrogen (secondary N) is 2. The van der Waals surface area contributed by atoms with Crippen LogP contribution >= 0.6 is 0 Å². The lowest BCUT2D eigenvalue weighted by molar-refractivity contribution is -0.138. The van der Waals surface area contributed by atoms with Gasteiger partial charge in [-0.15, -0.1) is 0 Å². The summed E-state index contributed by atoms with van der Waals surface area (Å²) in [6, 6.07) is 7.18. The molecule has 38 heavy (non-hydrogen) atoms. The van der Waals surface area contributed by atoms with Crippen LogP contribution in [0.3, 0.4) is 0 Å². The third-order valence-corrected chi connectivity index (χ3v) is 7.02. The molecule has 10 nitrogen and oxygen atoms in total. The highest BCUT2D eigenvalue weighted by atomic mass is 16.5. The predicted octanol–water partition coefficient (Wildman–Crippen LogP) is 3.78. The van der Waals surface area contributed by atoms with Gasteiger partial charge in [0.05, 0.1) is 11.0 Å². The van der Waals surface area contributed by atoms with Crippen LogP contribution in [0, 0.1) is 0 Å². The molecule has 0 saturated heterocycles. The maximum absolute atomic E-state index is 12.1. The Kier molecular flexibility index (Phi) is 9.41. The fourth-order valence-corrected chi connectivity index (χ4v) is 4.77. The summed E-state index contributed by atoms with van der Waals surface area (Å²) in [6.45, 7) is 7.26. The molecule has 0 radical (unpaired) electrons. The second-order valence-corrected chi connectivity index (χ2v) is 10.5. The van der Waals surface area contributed by atoms with Crippen molar-refractivity contribution < 1.29 is 14.6 Å². The highest BCUT2D eigenvalue weighted by Gasteiger charge is 2.24. The molecule has 10 heteroatoms. The molecule has 1 aliphatic heterocycles. The number of ether oxygens (including phenoxy) is 1. The zero-order valence-electron chi connectivity index (χ0n) is 22.6. The number of carboxylic acid groups (broad SMARTS) is 1. The number of aryl methyl sites for hydroxylation is 2. The molecule has 3 aromatic heterocycles. The number of nitrogens with zero attached hydrogens (tertiary/aromatic N) is 5. The van der Waals surface area contributed by atoms with Gasteiger partial charge < -0.3 is 25.4 Å². The number of hydrogen-bond acceptors (Lipinski definition) is 9. The Bertz CT molecular complexity index is 1210. The summed E-state index contributed by atoms with van der Waals surface area (Å²) in [5.41, 5.74) is 2.61. The highest BCUT2D eigenvalue weighted by Crippen LogP contribution is 2.21. The monoisotopic (exact) mass is 521 g/mol. The molecule has 1 atom stereocenters. The molecule has 4 rings (SSSR count). The first kappa shape index (κ1) is 27.7. The summed E-state index contributed by atoms with van der Waals surface area (Å²) in [6.07, 6.45) is 8.64. The normalized spacial score (nSPS) is 14.2. The topological polar surface area (TPSA) is 125 Å². The summed E-state index contributed by atoms with van der Waals surface area (Å²) in [5, 5.41) is 17.2. The number of unbranched alkanes of at least 4 members (excludes halogenated alkanes) is 1. The molecule has 0 aliphatic carbocycles. The quantitative estimate of drug-likeness (QED) is 0.270. The van der Waals surface area contributed by atoms with Crippen molar-refractivity contribution in [2.45, 2.75) is 64.0 Å². The zero-order chi connectivity index (χ0) is 27.0. The lowest BCUT2D eigenvalue weighted by atomic mass is 10.1. The van der Waals surface area contributed by atoms with Gasteiger partial charge >= 0.3 is 5.97 Å². The van der Waals surface area contributed by atoms with Gasteiger partial charge in [0.15, 0.2) is 5.65 Å². The van der Waals surface area contributed by atoms with E-state index in [0.717, 1.165) is 56.7 Å². The number of fused-ring (bicyclic) bond motifs is 2. The lowest BCUT2D eigenvalue weighted by Gasteiger charge is -2.32. The molecule has 1 unspecified atom stereocenters. The van der Waals surface area contributed by atoms with E-state index in [0.29, 0.717) is 36.4 Å². The first-order chi connectivity index (χ1) is 18.3. The van der Waals surface area contributed by atoms with E-state index >= 15 is 0 Å². The Morgan fingerprint density at radius 2 is 2.08 bits per heavy atom. The van der Waals surface area contributed by atoms with Crippen LogP contribution in [0.5, 0.6) is 0 Å². The number of pyridine rings is 2. The molecule has 0 bridgehead atoms. The first-order valence-electron chi connectivity index (χ1n) is 13.4. The van der Waals surface area contributed by atoms with Crippen molar-refractivity contribution in [2.24, 2.45) is 0 Å². The maximum Gasteiger partial charge on any atom is 0.326 e. The minimum absolute atomic E-state index is 0.341. The van der Waals surface area contributed by atoms with Crippen molar-refractivity contribution in [3.63, 3.8) is 0 Å². The van der Waals surface area contributed by atoms with Gasteiger partial charge in [-0.1, -0.05) is 6.07 Å². The molecule has 0 amide bonds. The molecule has 1 aliphatic rings. The number of carbonyl (C=O) groups is 1. The second kappa shape index (κ2) is 12.9. The summed E-state index contributed by atoms with van der Waals surface area (Å²) >= 11 is 0. The number of carboxylic acids is 1. The van der Waals surface area contributed by atoms with Crippen molar-refractivity contribution in [3.05, 3.63) is 48.0 Å². The van der Waals surface area contributed by atoms with Crippen LogP contribution < -0.4 is 10.6 Å². The first-order valence-corrected chi connectivity index (χ1v) is 13.4. The van der Waals surface area contributed by atoms with Crippen LogP contribution in [0.4, 0.5) is 11.6 Å². The van der Waals surface area contributed by atoms with Gasteiger partial charge in [0.25, 0.3) is 0 Å². The van der Waals surface area contributed by atoms with Crippen LogP contribution in [-0.2, 0) is 22.4 Å². The van der Waals surface area contributed by atoms with Crippen LogP contribution in [0.2, 0.25) is 0 Å². The Hall–Kier alpha value is -3.37. The second-order valence-electron chi connectivity index (χ2n) is 10.5. The number of aliphatic carboxylic acids is 1. The number of aromatic nitrogens is 4. The van der Waals surface area contributed by atoms with E-state index in [2.05, 4.69) is 56.5 Å². The van der Waals surface area contributed by atoms with Gasteiger partial charge in [0.1, 0.15) is 24.0 Å². The van der Waals surface area contributed by atoms with Gasteiger partial charge in [-0.25, -0.2) is 24.7 Å². The van der Waals surface area contributed by atoms with Crippen molar-refractivity contribution in [1.29, 1.82) is 0 Å². The Morgan fingerprint density at radius 1 is 1.21 bits per heavy atom. The van der Waals surface area contributed by atoms with E-state index in [-0.39, 0.29) is 5.60 Å². The minimum Gasteiger partial charge on any atom is -0.480 e. The fraction of sp³-hybridized carbons (Fsp3) is 0.536. The molecule has 0 aromatic carbocycles. The third kappa shape index (κ3) is 7.58. The summed E-state index contributed by atoms with van der Waals surface area (Å²) in [5.74, 6) is 0.599. The molecule has 204 valence electrons. The van der Waals surface area contributed by atoms with E-state index < -0.39 is 12.0 Å². The van der Waals surface area contributed by atoms with Gasteiger partial charge in [0.2, 0.25) is 0 Å². The van der Waals surface area contributed by atoms with Crippen LogP contribution in [0.1, 0.15) is 50.8 Å². The maximum atomic E-state index is 12.1. The largest absolute Gasteiger partial charge is 0.480 e. The molecule has 3 N–H and O–H groups in total. The average Bonchev–Trinajstić information content (AvgIpc) is 2.92. The molecular weight excluding hydrogens is 482 g/mol. The standard InChI is InChI=1S/C28H39N7O3/c1-28(2,38-3)18-35(16-5-4-9-21-12-11-20-8-6-14-29-24(20)33-21)17-13-23(27(36)37)34-26-22-10-7-15-30-25(22)31-19-32-26/h7,10-12,15,19,23H,4-6,8-9,13-14,16-18H2,1-3H3,(H,29,33)(H,36,37)(H,30,31,32,34). The van der Waals surface area contributed by atoms with Gasteiger partial charge in [-0.05, 0) is 82.7 Å². The summed E-state index contributed by atoms with van der Waals surface area (Å²) in [7, 11) is 1.71. The van der Waals surface area contributed by atoms with E-state index in [1.807, 2.05) is 6.07 Å². The zero-order valence-corrected chi connectivity index (χ0v) is 22.6. The lowest BCUT2D eigenvalue weighted by Crippen LogP contribution is -2.43. The number of rotatable bonds is 14. The molecule has 3 aromatic rings. The van der Waals surface area contributed by atoms with Gasteiger partial charge in [-0.2, -0.15) is 0 Å². The fourth-order valence-electron chi connectivity index (χ4n) is 4.77. The van der Waals surface area contributed by atoms with Crippen LogP contribution in [0.25, 0.3) is 11.0 Å². The average molecular weight is 522 g/mol. The van der Waals surface area contributed by atoms with Gasteiger partial charge in [-0.3, -0.25) is 0 Å². The van der Waals surface area contributed by atoms with Crippen molar-refractivity contribution >= 4 is 28.6 Å². The third-order valence-electron chi connectivity index (χ3n) is 7.02. The molecule has 0 fully saturated rings. The van der Waals surface area contributed by atoms with E-state index in [9.17, 15) is 9.90 Å². The molecule has 0 spiro atoms. The Morgan fingerprint density at radius 3 is 2.89 bits per heavy atom. The molecule has 4 heterocycles. The Balaban J connectivity index is 1.34. The number of anilines is 2. The van der Waals surface area contributed by atoms with E-state index in [1.165, 1.54) is 11.9 Å². The van der Waals surface area contributed by atoms with E-state index in [1.54, 1.807) is 19.4 Å². The summed E-state index contributed by atoms with van der Waals surface area (Å²) in [4.78, 5) is 31.9. The smallest absolute Gasteiger partial charge is 0.326 e. The van der Waals surface area contributed by atoms with Crippen molar-refractivity contribution in [2.75, 3.05) is 43.9 Å². The SMILES string of the molecule is COC(C)(C)CN(CCCCc1ccc2c(n1)NCCC2)CCC(Nc1ncnc2ncccc12)C(=O)O. The number of methoxy groups -OCH3 is 1. The van der Waals surface area contributed by atoms with Gasteiger partial charge in [0, 0.05) is 38.6 Å². The van der Waals surface area contributed by atoms with Crippen LogP contribution in [0.15, 0.2) is 36.8 Å². The highest BCUT2D eigenvalue weighted by molar-refractivity contribution is 5.88.